The number of para-hydroxylation sites is 3. The number of allylic oxidation sites excluding steroid dienone is 1. The molecule has 0 N–H and O–H groups in total. The van der Waals surface area contributed by atoms with Crippen molar-refractivity contribution in [2.75, 3.05) is 6.61 Å². The maximum Gasteiger partial charge on any atom is 0.231 e. The van der Waals surface area contributed by atoms with Crippen LogP contribution in [0.4, 0.5) is 0 Å². The van der Waals surface area contributed by atoms with Gasteiger partial charge < -0.3 is 9.15 Å². The monoisotopic (exact) mass is 511 g/mol. The van der Waals surface area contributed by atoms with Crippen LogP contribution in [-0.2, 0) is 0 Å². The molecule has 2 aromatic heterocycles. The quantitative estimate of drug-likeness (QED) is 0.156. The summed E-state index contributed by atoms with van der Waals surface area (Å²) in [6.45, 7) is 2.54. The summed E-state index contributed by atoms with van der Waals surface area (Å²) in [7, 11) is 0. The third-order valence-corrected chi connectivity index (χ3v) is 6.31. The van der Waals surface area contributed by atoms with E-state index in [-0.39, 0.29) is 11.7 Å². The maximum absolute atomic E-state index is 13.9. The van der Waals surface area contributed by atoms with Crippen LogP contribution < -0.4 is 4.74 Å². The first kappa shape index (κ1) is 24.1. The van der Waals surface area contributed by atoms with Gasteiger partial charge in [0, 0.05) is 22.9 Å². The Hall–Kier alpha value is -5.23. The van der Waals surface area contributed by atoms with Crippen molar-refractivity contribution >= 4 is 28.5 Å². The highest BCUT2D eigenvalue weighted by Gasteiger charge is 2.22. The number of carbonyl (C=O) groups excluding carboxylic acids is 1. The molecule has 6 nitrogen and oxygen atoms in total. The number of rotatable bonds is 8. The van der Waals surface area contributed by atoms with Crippen LogP contribution in [0.25, 0.3) is 39.7 Å². The summed E-state index contributed by atoms with van der Waals surface area (Å²) in [5.41, 5.74) is 5.46. The average molecular weight is 512 g/mol. The normalized spacial score (nSPS) is 11.6. The van der Waals surface area contributed by atoms with Gasteiger partial charge in [0.1, 0.15) is 11.3 Å². The minimum atomic E-state index is -0.188. The molecule has 190 valence electrons. The topological polar surface area (TPSA) is 70.2 Å². The van der Waals surface area contributed by atoms with Gasteiger partial charge >= 0.3 is 0 Å². The Bertz CT molecular complexity index is 1730. The van der Waals surface area contributed by atoms with E-state index >= 15 is 0 Å². The fraction of sp³-hybridized carbons (Fsp3) is 0.0606. The molecule has 4 aromatic carbocycles. The van der Waals surface area contributed by atoms with Crippen molar-refractivity contribution < 1.29 is 13.9 Å². The minimum absolute atomic E-state index is 0.188. The van der Waals surface area contributed by atoms with Crippen molar-refractivity contribution in [3.05, 3.63) is 132 Å². The van der Waals surface area contributed by atoms with Crippen LogP contribution in [-0.4, -0.2) is 27.2 Å². The SMILES string of the molecule is CCOc1ccc(-c2nn(-c3ccccc3)cc2C=C(C(=O)c2ccccc2)c2nc3ccccc3o2)cc1. The Morgan fingerprint density at radius 2 is 1.56 bits per heavy atom. The van der Waals surface area contributed by atoms with Gasteiger partial charge in [0.15, 0.2) is 11.4 Å². The van der Waals surface area contributed by atoms with Crippen molar-refractivity contribution in [2.24, 2.45) is 0 Å². The summed E-state index contributed by atoms with van der Waals surface area (Å²) in [5, 5.41) is 4.92. The molecule has 0 aliphatic rings. The van der Waals surface area contributed by atoms with Crippen LogP contribution in [0.5, 0.6) is 5.75 Å². The van der Waals surface area contributed by atoms with Gasteiger partial charge in [0.25, 0.3) is 0 Å². The largest absolute Gasteiger partial charge is 0.494 e. The molecule has 2 heterocycles. The highest BCUT2D eigenvalue weighted by Crippen LogP contribution is 2.31. The summed E-state index contributed by atoms with van der Waals surface area (Å²) < 4.78 is 13.5. The molecule has 0 radical (unpaired) electrons. The number of nitrogens with zero attached hydrogens (tertiary/aromatic N) is 3. The highest BCUT2D eigenvalue weighted by molar-refractivity contribution is 6.31. The van der Waals surface area contributed by atoms with E-state index in [0.717, 1.165) is 28.3 Å². The molecule has 0 bridgehead atoms. The average Bonchev–Trinajstić information content (AvgIpc) is 3.62. The Morgan fingerprint density at radius 1 is 0.872 bits per heavy atom. The zero-order valence-corrected chi connectivity index (χ0v) is 21.3. The zero-order valence-electron chi connectivity index (χ0n) is 21.3. The lowest BCUT2D eigenvalue weighted by Crippen LogP contribution is -2.03. The van der Waals surface area contributed by atoms with Gasteiger partial charge in [0.05, 0.1) is 23.6 Å². The first-order valence-electron chi connectivity index (χ1n) is 12.8. The van der Waals surface area contributed by atoms with E-state index < -0.39 is 0 Å². The van der Waals surface area contributed by atoms with E-state index in [0.29, 0.717) is 28.8 Å². The van der Waals surface area contributed by atoms with Crippen LogP contribution >= 0.6 is 0 Å². The van der Waals surface area contributed by atoms with Gasteiger partial charge in [-0.05, 0) is 61.5 Å². The first-order valence-corrected chi connectivity index (χ1v) is 12.8. The fourth-order valence-electron chi connectivity index (χ4n) is 4.42. The lowest BCUT2D eigenvalue weighted by Gasteiger charge is -2.06. The number of benzene rings is 4. The molecule has 0 saturated carbocycles. The molecule has 6 rings (SSSR count). The second-order valence-corrected chi connectivity index (χ2v) is 8.91. The van der Waals surface area contributed by atoms with Gasteiger partial charge in [0.2, 0.25) is 5.89 Å². The Balaban J connectivity index is 1.54. The van der Waals surface area contributed by atoms with E-state index in [1.165, 1.54) is 0 Å². The van der Waals surface area contributed by atoms with Crippen molar-refractivity contribution in [1.82, 2.24) is 14.8 Å². The maximum atomic E-state index is 13.9. The van der Waals surface area contributed by atoms with Gasteiger partial charge in [-0.15, -0.1) is 0 Å². The Morgan fingerprint density at radius 3 is 2.28 bits per heavy atom. The molecule has 39 heavy (non-hydrogen) atoms. The van der Waals surface area contributed by atoms with Crippen LogP contribution in [0, 0.1) is 0 Å². The summed E-state index contributed by atoms with van der Waals surface area (Å²) in [5.74, 6) is 0.856. The number of carbonyl (C=O) groups is 1. The molecular formula is C33H25N3O3. The molecule has 6 aromatic rings. The third-order valence-electron chi connectivity index (χ3n) is 6.31. The minimum Gasteiger partial charge on any atom is -0.494 e. The van der Waals surface area contributed by atoms with Crippen LogP contribution in [0.3, 0.4) is 0 Å². The Labute approximate surface area is 225 Å². The molecule has 0 unspecified atom stereocenters. The molecule has 0 spiro atoms. The summed E-state index contributed by atoms with van der Waals surface area (Å²) in [6, 6.07) is 34.3. The third kappa shape index (κ3) is 5.00. The van der Waals surface area contributed by atoms with Gasteiger partial charge in [-0.25, -0.2) is 9.67 Å². The number of aromatic nitrogens is 3. The Kier molecular flexibility index (Phi) is 6.58. The lowest BCUT2D eigenvalue weighted by atomic mass is 9.99. The fourth-order valence-corrected chi connectivity index (χ4v) is 4.42. The lowest BCUT2D eigenvalue weighted by molar-refractivity contribution is 0.105. The van der Waals surface area contributed by atoms with Crippen LogP contribution in [0.1, 0.15) is 28.7 Å². The van der Waals surface area contributed by atoms with Crippen LogP contribution in [0.15, 0.2) is 120 Å². The van der Waals surface area contributed by atoms with Crippen molar-refractivity contribution in [1.29, 1.82) is 0 Å². The second-order valence-electron chi connectivity index (χ2n) is 8.91. The van der Waals surface area contributed by atoms with E-state index in [9.17, 15) is 4.79 Å². The van der Waals surface area contributed by atoms with Crippen molar-refractivity contribution in [3.63, 3.8) is 0 Å². The predicted molar refractivity (Wildman–Crippen MR) is 153 cm³/mol. The molecule has 0 fully saturated rings. The summed E-state index contributed by atoms with van der Waals surface area (Å²) in [4.78, 5) is 18.5. The van der Waals surface area contributed by atoms with Gasteiger partial charge in [-0.3, -0.25) is 4.79 Å². The predicted octanol–water partition coefficient (Wildman–Crippen LogP) is 7.50. The number of hydrogen-bond donors (Lipinski definition) is 0. The van der Waals surface area contributed by atoms with E-state index in [2.05, 4.69) is 4.98 Å². The molecule has 0 aliphatic carbocycles. The van der Waals surface area contributed by atoms with Crippen molar-refractivity contribution in [2.45, 2.75) is 6.92 Å². The van der Waals surface area contributed by atoms with Gasteiger partial charge in [-0.2, -0.15) is 5.10 Å². The van der Waals surface area contributed by atoms with Gasteiger partial charge in [-0.1, -0.05) is 60.7 Å². The smallest absolute Gasteiger partial charge is 0.231 e. The van der Waals surface area contributed by atoms with Crippen molar-refractivity contribution in [3.8, 4) is 22.7 Å². The number of oxazole rings is 1. The molecular weight excluding hydrogens is 486 g/mol. The van der Waals surface area contributed by atoms with E-state index in [4.69, 9.17) is 14.3 Å². The van der Waals surface area contributed by atoms with E-state index in [1.807, 2.05) is 121 Å². The first-order chi connectivity index (χ1) is 19.2. The molecule has 0 amide bonds. The number of hydrogen-bond acceptors (Lipinski definition) is 5. The number of fused-ring (bicyclic) bond motifs is 1. The molecule has 0 saturated heterocycles. The number of ketones is 1. The second kappa shape index (κ2) is 10.6. The number of ether oxygens (including phenoxy) is 1. The molecule has 0 atom stereocenters. The standard InChI is InChI=1S/C33H25N3O3/c1-2-38-27-19-17-23(18-20-27)31-25(22-36(35-31)26-13-7-4-8-14-26)21-28(32(37)24-11-5-3-6-12-24)33-34-29-15-9-10-16-30(29)39-33/h3-22H,2H2,1H3. The molecule has 6 heteroatoms. The highest BCUT2D eigenvalue weighted by atomic mass is 16.5. The molecule has 0 aliphatic heterocycles. The summed E-state index contributed by atoms with van der Waals surface area (Å²) in [6.07, 6.45) is 3.74. The summed E-state index contributed by atoms with van der Waals surface area (Å²) >= 11 is 0. The zero-order chi connectivity index (χ0) is 26.6. The number of Topliss-reactive ketones (excluding diaryl/α,β-unsaturated/α-hetero) is 1. The van der Waals surface area contributed by atoms with Crippen LogP contribution in [0.2, 0.25) is 0 Å². The van der Waals surface area contributed by atoms with E-state index in [1.54, 1.807) is 12.1 Å².